The molecule has 0 radical (unpaired) electrons. The van der Waals surface area contributed by atoms with E-state index in [0.717, 1.165) is 18.0 Å². The van der Waals surface area contributed by atoms with Crippen LogP contribution >= 0.6 is 0 Å². The van der Waals surface area contributed by atoms with Gasteiger partial charge in [-0.05, 0) is 31.4 Å². The fraction of sp³-hybridized carbons (Fsp3) is 0.500. The maximum absolute atomic E-state index is 5.91. The van der Waals surface area contributed by atoms with Crippen LogP contribution in [0.15, 0.2) is 34.9 Å². The van der Waals surface area contributed by atoms with Crippen LogP contribution in [0.5, 0.6) is 0 Å². The van der Waals surface area contributed by atoms with Gasteiger partial charge in [0.25, 0.3) is 0 Å². The topological polar surface area (TPSA) is 51.2 Å². The Labute approximate surface area is 114 Å². The molecule has 1 fully saturated rings. The first-order chi connectivity index (χ1) is 9.38. The van der Waals surface area contributed by atoms with Gasteiger partial charge in [-0.2, -0.15) is 0 Å². The van der Waals surface area contributed by atoms with Gasteiger partial charge in [-0.15, -0.1) is 0 Å². The summed E-state index contributed by atoms with van der Waals surface area (Å²) >= 11 is 0. The summed E-state index contributed by atoms with van der Waals surface area (Å²) in [5, 5.41) is 4.74. The summed E-state index contributed by atoms with van der Waals surface area (Å²) < 4.78 is 5.59. The first kappa shape index (κ1) is 12.7. The SMILES string of the molecule is NCC(NCCCC1CC1)c1coc2ccccc12. The largest absolute Gasteiger partial charge is 0.464 e. The Morgan fingerprint density at radius 1 is 1.32 bits per heavy atom. The molecule has 2 aromatic rings. The van der Waals surface area contributed by atoms with Crippen LogP contribution in [0.2, 0.25) is 0 Å². The molecule has 0 saturated heterocycles. The Morgan fingerprint density at radius 2 is 2.16 bits per heavy atom. The Bertz CT molecular complexity index is 530. The molecule has 19 heavy (non-hydrogen) atoms. The van der Waals surface area contributed by atoms with Crippen LogP contribution in [0.3, 0.4) is 0 Å². The van der Waals surface area contributed by atoms with Crippen molar-refractivity contribution in [1.82, 2.24) is 5.32 Å². The second-order valence-electron chi connectivity index (χ2n) is 5.52. The molecule has 1 aliphatic carbocycles. The van der Waals surface area contributed by atoms with E-state index in [2.05, 4.69) is 11.4 Å². The third-order valence-corrected chi connectivity index (χ3v) is 4.00. The molecule has 3 heteroatoms. The highest BCUT2D eigenvalue weighted by Gasteiger charge is 2.20. The summed E-state index contributed by atoms with van der Waals surface area (Å²) in [7, 11) is 0. The number of benzene rings is 1. The normalized spacial score (nSPS) is 16.9. The monoisotopic (exact) mass is 258 g/mol. The molecular formula is C16H22N2O. The van der Waals surface area contributed by atoms with Crippen molar-refractivity contribution in [3.8, 4) is 0 Å². The van der Waals surface area contributed by atoms with Crippen LogP contribution in [0.4, 0.5) is 0 Å². The first-order valence-electron chi connectivity index (χ1n) is 7.28. The summed E-state index contributed by atoms with van der Waals surface area (Å²) in [6.45, 7) is 1.64. The van der Waals surface area contributed by atoms with E-state index < -0.39 is 0 Å². The molecule has 0 bridgehead atoms. The number of para-hydroxylation sites is 1. The Hall–Kier alpha value is -1.32. The van der Waals surface area contributed by atoms with Gasteiger partial charge in [0.2, 0.25) is 0 Å². The molecule has 1 atom stereocenters. The number of fused-ring (bicyclic) bond motifs is 1. The summed E-state index contributed by atoms with van der Waals surface area (Å²) in [5.41, 5.74) is 8.03. The first-order valence-corrected chi connectivity index (χ1v) is 7.28. The van der Waals surface area contributed by atoms with Gasteiger partial charge in [-0.25, -0.2) is 0 Å². The van der Waals surface area contributed by atoms with Gasteiger partial charge >= 0.3 is 0 Å². The summed E-state index contributed by atoms with van der Waals surface area (Å²) in [5.74, 6) is 1.01. The zero-order valence-corrected chi connectivity index (χ0v) is 11.3. The minimum atomic E-state index is 0.197. The lowest BCUT2D eigenvalue weighted by molar-refractivity contribution is 0.506. The van der Waals surface area contributed by atoms with Crippen molar-refractivity contribution in [2.24, 2.45) is 11.7 Å². The Morgan fingerprint density at radius 3 is 2.95 bits per heavy atom. The summed E-state index contributed by atoms with van der Waals surface area (Å²) in [6.07, 6.45) is 7.32. The molecule has 0 aliphatic heterocycles. The van der Waals surface area contributed by atoms with E-state index in [1.165, 1.54) is 36.6 Å². The minimum absolute atomic E-state index is 0.197. The molecule has 3 nitrogen and oxygen atoms in total. The fourth-order valence-electron chi connectivity index (χ4n) is 2.66. The van der Waals surface area contributed by atoms with E-state index >= 15 is 0 Å². The molecule has 1 aromatic carbocycles. The van der Waals surface area contributed by atoms with Crippen molar-refractivity contribution >= 4 is 11.0 Å². The number of hydrogen-bond donors (Lipinski definition) is 2. The van der Waals surface area contributed by atoms with E-state index in [1.54, 1.807) is 0 Å². The third kappa shape index (κ3) is 2.99. The highest BCUT2D eigenvalue weighted by Crippen LogP contribution is 2.33. The molecule has 0 spiro atoms. The van der Waals surface area contributed by atoms with E-state index in [0.29, 0.717) is 6.54 Å². The molecule has 3 rings (SSSR count). The Kier molecular flexibility index (Phi) is 3.85. The molecule has 1 unspecified atom stereocenters. The smallest absolute Gasteiger partial charge is 0.134 e. The second-order valence-corrected chi connectivity index (χ2v) is 5.52. The number of rotatable bonds is 7. The fourth-order valence-corrected chi connectivity index (χ4v) is 2.66. The van der Waals surface area contributed by atoms with Crippen LogP contribution in [-0.2, 0) is 0 Å². The average Bonchev–Trinajstić information content (AvgIpc) is 3.18. The van der Waals surface area contributed by atoms with E-state index in [1.807, 2.05) is 24.5 Å². The third-order valence-electron chi connectivity index (χ3n) is 4.00. The molecule has 0 amide bonds. The van der Waals surface area contributed by atoms with Gasteiger partial charge in [0.15, 0.2) is 0 Å². The maximum atomic E-state index is 5.91. The van der Waals surface area contributed by atoms with E-state index in [-0.39, 0.29) is 6.04 Å². The number of nitrogens with two attached hydrogens (primary N) is 1. The molecule has 102 valence electrons. The van der Waals surface area contributed by atoms with Crippen LogP contribution in [0.1, 0.15) is 37.3 Å². The number of nitrogens with one attached hydrogen (secondary N) is 1. The van der Waals surface area contributed by atoms with Crippen molar-refractivity contribution < 1.29 is 4.42 Å². The van der Waals surface area contributed by atoms with Gasteiger partial charge in [-0.3, -0.25) is 0 Å². The second kappa shape index (κ2) is 5.76. The van der Waals surface area contributed by atoms with Gasteiger partial charge in [0.1, 0.15) is 5.58 Å². The van der Waals surface area contributed by atoms with Crippen molar-refractivity contribution in [3.05, 3.63) is 36.1 Å². The zero-order chi connectivity index (χ0) is 13.1. The quantitative estimate of drug-likeness (QED) is 0.750. The Balaban J connectivity index is 1.63. The molecule has 1 aromatic heterocycles. The van der Waals surface area contributed by atoms with Crippen LogP contribution in [0, 0.1) is 5.92 Å². The minimum Gasteiger partial charge on any atom is -0.464 e. The van der Waals surface area contributed by atoms with Crippen molar-refractivity contribution in [2.75, 3.05) is 13.1 Å². The predicted molar refractivity (Wildman–Crippen MR) is 78.0 cm³/mol. The lowest BCUT2D eigenvalue weighted by Crippen LogP contribution is -2.28. The van der Waals surface area contributed by atoms with Gasteiger partial charge in [0.05, 0.1) is 6.26 Å². The summed E-state index contributed by atoms with van der Waals surface area (Å²) in [4.78, 5) is 0. The zero-order valence-electron chi connectivity index (χ0n) is 11.3. The maximum Gasteiger partial charge on any atom is 0.134 e. The van der Waals surface area contributed by atoms with E-state index in [9.17, 15) is 0 Å². The summed E-state index contributed by atoms with van der Waals surface area (Å²) in [6, 6.07) is 8.34. The van der Waals surface area contributed by atoms with Crippen LogP contribution < -0.4 is 11.1 Å². The number of hydrogen-bond acceptors (Lipinski definition) is 3. The standard InChI is InChI=1S/C16H22N2O/c17-10-15(18-9-3-4-12-7-8-12)14-11-19-16-6-2-1-5-13(14)16/h1-2,5-6,11-12,15,18H,3-4,7-10,17H2. The van der Waals surface area contributed by atoms with Crippen LogP contribution in [0.25, 0.3) is 11.0 Å². The average molecular weight is 258 g/mol. The van der Waals surface area contributed by atoms with Crippen molar-refractivity contribution in [1.29, 1.82) is 0 Å². The molecule has 3 N–H and O–H groups in total. The van der Waals surface area contributed by atoms with Crippen molar-refractivity contribution in [3.63, 3.8) is 0 Å². The molecule has 1 aliphatic rings. The highest BCUT2D eigenvalue weighted by atomic mass is 16.3. The van der Waals surface area contributed by atoms with Gasteiger partial charge in [0, 0.05) is 23.5 Å². The highest BCUT2D eigenvalue weighted by molar-refractivity contribution is 5.81. The lowest BCUT2D eigenvalue weighted by Gasteiger charge is -2.15. The van der Waals surface area contributed by atoms with Crippen molar-refractivity contribution in [2.45, 2.75) is 31.7 Å². The predicted octanol–water partition coefficient (Wildman–Crippen LogP) is 3.21. The molecular weight excluding hydrogens is 236 g/mol. The van der Waals surface area contributed by atoms with Crippen LogP contribution in [-0.4, -0.2) is 13.1 Å². The van der Waals surface area contributed by atoms with Gasteiger partial charge < -0.3 is 15.5 Å². The van der Waals surface area contributed by atoms with Gasteiger partial charge in [-0.1, -0.05) is 31.0 Å². The van der Waals surface area contributed by atoms with E-state index in [4.69, 9.17) is 10.2 Å². The lowest BCUT2D eigenvalue weighted by atomic mass is 10.1. The molecule has 1 heterocycles. The number of furan rings is 1. The molecule has 1 saturated carbocycles.